The summed E-state index contributed by atoms with van der Waals surface area (Å²) < 4.78 is 7.92. The number of carbonyl (C=O) groups is 2. The number of unbranched alkanes of at least 4 members (excludes halogenated alkanes) is 1. The first-order valence-corrected chi connectivity index (χ1v) is 11.0. The van der Waals surface area contributed by atoms with E-state index in [4.69, 9.17) is 4.74 Å². The molecule has 28 heavy (non-hydrogen) atoms. The van der Waals surface area contributed by atoms with E-state index >= 15 is 0 Å². The van der Waals surface area contributed by atoms with Crippen molar-refractivity contribution in [3.63, 3.8) is 0 Å². The van der Waals surface area contributed by atoms with Crippen LogP contribution < -0.4 is 0 Å². The molecule has 1 fully saturated rings. The lowest BCUT2D eigenvalue weighted by atomic mass is 10.3. The molecule has 4 heterocycles. The minimum atomic E-state index is -0.181. The summed E-state index contributed by atoms with van der Waals surface area (Å²) in [6.45, 7) is 3.44. The molecule has 2 aromatic rings. The van der Waals surface area contributed by atoms with E-state index < -0.39 is 0 Å². The number of aromatic nitrogens is 2. The lowest BCUT2D eigenvalue weighted by Crippen LogP contribution is -2.29. The molecule has 0 spiro atoms. The fourth-order valence-electron chi connectivity index (χ4n) is 3.11. The van der Waals surface area contributed by atoms with Crippen molar-refractivity contribution in [1.82, 2.24) is 14.3 Å². The first kappa shape index (κ1) is 19.3. The average Bonchev–Trinajstić information content (AvgIpc) is 3.23. The van der Waals surface area contributed by atoms with Crippen molar-refractivity contribution < 1.29 is 14.3 Å². The Kier molecular flexibility index (Phi) is 5.89. The van der Waals surface area contributed by atoms with Gasteiger partial charge < -0.3 is 4.74 Å². The number of rotatable bonds is 8. The SMILES string of the molecule is CCCC=C1SC(=O)N(CCCOCC2=Cc3cnc4cccc(n34)S2)C1=O. The van der Waals surface area contributed by atoms with Gasteiger partial charge in [-0.2, -0.15) is 0 Å². The smallest absolute Gasteiger partial charge is 0.293 e. The molecular weight excluding hydrogens is 394 g/mol. The molecule has 0 radical (unpaired) electrons. The van der Waals surface area contributed by atoms with Crippen LogP contribution in [0.15, 0.2) is 45.3 Å². The molecular formula is C20H21N3O3S2. The first-order valence-electron chi connectivity index (χ1n) is 9.34. The molecule has 0 aliphatic carbocycles. The molecule has 0 saturated carbocycles. The van der Waals surface area contributed by atoms with Crippen molar-refractivity contribution in [1.29, 1.82) is 0 Å². The summed E-state index contributed by atoms with van der Waals surface area (Å²) in [5.74, 6) is -0.171. The zero-order valence-electron chi connectivity index (χ0n) is 15.6. The lowest BCUT2D eigenvalue weighted by molar-refractivity contribution is -0.122. The van der Waals surface area contributed by atoms with Crippen molar-refractivity contribution in [3.05, 3.63) is 46.0 Å². The van der Waals surface area contributed by atoms with Gasteiger partial charge in [0.1, 0.15) is 5.65 Å². The van der Waals surface area contributed by atoms with Gasteiger partial charge in [-0.25, -0.2) is 4.98 Å². The highest BCUT2D eigenvalue weighted by atomic mass is 32.2. The van der Waals surface area contributed by atoms with Crippen LogP contribution in [0.3, 0.4) is 0 Å². The van der Waals surface area contributed by atoms with Gasteiger partial charge in [0.25, 0.3) is 11.1 Å². The Bertz CT molecular complexity index is 980. The summed E-state index contributed by atoms with van der Waals surface area (Å²) >= 11 is 2.71. The number of imide groups is 1. The minimum absolute atomic E-state index is 0.171. The third-order valence-electron chi connectivity index (χ3n) is 4.47. The lowest BCUT2D eigenvalue weighted by Gasteiger charge is -2.16. The van der Waals surface area contributed by atoms with Gasteiger partial charge in [-0.05, 0) is 42.8 Å². The number of hydrogen-bond donors (Lipinski definition) is 0. The maximum absolute atomic E-state index is 12.3. The second-order valence-electron chi connectivity index (χ2n) is 6.54. The van der Waals surface area contributed by atoms with Crippen LogP contribution in [0.1, 0.15) is 31.9 Å². The summed E-state index contributed by atoms with van der Waals surface area (Å²) in [4.78, 5) is 31.7. The van der Waals surface area contributed by atoms with E-state index in [1.165, 1.54) is 4.90 Å². The standard InChI is InChI=1S/C20H21N3O3S2/c1-2-3-6-16-19(24)22(20(25)28-16)9-5-10-26-13-15-11-14-12-21-17-7-4-8-18(27-15)23(14)17/h4,6-8,11-12H,2-3,5,9-10,13H2,1H3. The maximum Gasteiger partial charge on any atom is 0.293 e. The normalized spacial score (nSPS) is 17.8. The largest absolute Gasteiger partial charge is 0.376 e. The molecule has 1 saturated heterocycles. The minimum Gasteiger partial charge on any atom is -0.376 e. The third-order valence-corrected chi connectivity index (χ3v) is 6.45. The van der Waals surface area contributed by atoms with Crippen LogP contribution in [0.2, 0.25) is 0 Å². The van der Waals surface area contributed by atoms with Gasteiger partial charge in [0, 0.05) is 18.1 Å². The first-order chi connectivity index (χ1) is 13.7. The van der Waals surface area contributed by atoms with E-state index in [2.05, 4.69) is 21.5 Å². The summed E-state index contributed by atoms with van der Waals surface area (Å²) in [5, 5.41) is 0.946. The Hall–Kier alpha value is -2.03. The fourth-order valence-corrected chi connectivity index (χ4v) is 5.01. The van der Waals surface area contributed by atoms with Crippen molar-refractivity contribution in [2.45, 2.75) is 31.2 Å². The second-order valence-corrected chi connectivity index (χ2v) is 8.68. The Morgan fingerprint density at radius 1 is 1.25 bits per heavy atom. The van der Waals surface area contributed by atoms with Crippen LogP contribution in [-0.4, -0.2) is 45.2 Å². The van der Waals surface area contributed by atoms with Crippen LogP contribution in [-0.2, 0) is 9.53 Å². The van der Waals surface area contributed by atoms with Crippen molar-refractivity contribution >= 4 is 46.4 Å². The zero-order valence-corrected chi connectivity index (χ0v) is 17.2. The number of hydrogen-bond acceptors (Lipinski definition) is 6. The molecule has 6 nitrogen and oxygen atoms in total. The van der Waals surface area contributed by atoms with E-state index in [-0.39, 0.29) is 11.1 Å². The topological polar surface area (TPSA) is 63.9 Å². The summed E-state index contributed by atoms with van der Waals surface area (Å²) in [6.07, 6.45) is 8.22. The molecule has 0 unspecified atom stereocenters. The highest BCUT2D eigenvalue weighted by molar-refractivity contribution is 8.18. The highest BCUT2D eigenvalue weighted by Crippen LogP contribution is 2.34. The number of imidazole rings is 1. The van der Waals surface area contributed by atoms with Crippen molar-refractivity contribution in [3.8, 4) is 0 Å². The van der Waals surface area contributed by atoms with E-state index in [0.717, 1.165) is 45.9 Å². The van der Waals surface area contributed by atoms with Gasteiger partial charge >= 0.3 is 0 Å². The van der Waals surface area contributed by atoms with Gasteiger partial charge in [0.15, 0.2) is 0 Å². The third kappa shape index (κ3) is 3.90. The van der Waals surface area contributed by atoms with Gasteiger partial charge in [-0.1, -0.05) is 37.2 Å². The number of allylic oxidation sites excluding steroid dienone is 1. The second kappa shape index (κ2) is 8.55. The Morgan fingerprint density at radius 2 is 2.14 bits per heavy atom. The summed E-state index contributed by atoms with van der Waals surface area (Å²) in [6, 6.07) is 6.07. The van der Waals surface area contributed by atoms with Crippen LogP contribution in [0.25, 0.3) is 11.7 Å². The predicted molar refractivity (Wildman–Crippen MR) is 112 cm³/mol. The van der Waals surface area contributed by atoms with Crippen molar-refractivity contribution in [2.24, 2.45) is 0 Å². The number of nitrogens with zero attached hydrogens (tertiary/aromatic N) is 3. The summed E-state index contributed by atoms with van der Waals surface area (Å²) in [7, 11) is 0. The number of ether oxygens (including phenoxy) is 1. The fraction of sp³-hybridized carbons (Fsp3) is 0.350. The maximum atomic E-state index is 12.3. The average molecular weight is 416 g/mol. The number of pyridine rings is 1. The molecule has 2 aliphatic heterocycles. The molecule has 0 aromatic carbocycles. The van der Waals surface area contributed by atoms with Gasteiger partial charge in [0.05, 0.1) is 28.4 Å². The predicted octanol–water partition coefficient (Wildman–Crippen LogP) is 4.57. The van der Waals surface area contributed by atoms with Gasteiger partial charge in [0.2, 0.25) is 0 Å². The van der Waals surface area contributed by atoms with Crippen LogP contribution in [0.5, 0.6) is 0 Å². The highest BCUT2D eigenvalue weighted by Gasteiger charge is 2.34. The Labute approximate surface area is 172 Å². The molecule has 0 bridgehead atoms. The zero-order chi connectivity index (χ0) is 19.5. The number of thioether (sulfide) groups is 2. The van der Waals surface area contributed by atoms with E-state index in [1.54, 1.807) is 11.8 Å². The monoisotopic (exact) mass is 415 g/mol. The van der Waals surface area contributed by atoms with Crippen LogP contribution in [0.4, 0.5) is 4.79 Å². The van der Waals surface area contributed by atoms with Crippen molar-refractivity contribution in [2.75, 3.05) is 19.8 Å². The molecule has 2 aromatic heterocycles. The van der Waals surface area contributed by atoms with Crippen LogP contribution >= 0.6 is 23.5 Å². The number of amides is 2. The Balaban J connectivity index is 1.25. The molecule has 2 amide bonds. The van der Waals surface area contributed by atoms with E-state index in [1.807, 2.05) is 31.3 Å². The summed E-state index contributed by atoms with van der Waals surface area (Å²) in [5.41, 5.74) is 2.00. The molecule has 8 heteroatoms. The Morgan fingerprint density at radius 3 is 3.00 bits per heavy atom. The quantitative estimate of drug-likeness (QED) is 0.465. The van der Waals surface area contributed by atoms with Crippen LogP contribution in [0, 0.1) is 0 Å². The molecule has 2 aliphatic rings. The number of carbonyl (C=O) groups excluding carboxylic acids is 2. The molecule has 0 atom stereocenters. The molecule has 4 rings (SSSR count). The van der Waals surface area contributed by atoms with Gasteiger partial charge in [-0.3, -0.25) is 18.9 Å². The van der Waals surface area contributed by atoms with E-state index in [0.29, 0.717) is 31.1 Å². The van der Waals surface area contributed by atoms with Gasteiger partial charge in [-0.15, -0.1) is 0 Å². The molecule has 146 valence electrons. The van der Waals surface area contributed by atoms with E-state index in [9.17, 15) is 9.59 Å². The molecule has 0 N–H and O–H groups in total.